The van der Waals surface area contributed by atoms with Gasteiger partial charge in [-0.3, -0.25) is 5.32 Å². The van der Waals surface area contributed by atoms with Crippen LogP contribution < -0.4 is 11.1 Å². The molecule has 0 heterocycles. The van der Waals surface area contributed by atoms with Gasteiger partial charge in [0.15, 0.2) is 0 Å². The Morgan fingerprint density at radius 3 is 2.12 bits per heavy atom. The first-order valence-electron chi connectivity index (χ1n) is 8.05. The number of anilines is 1. The lowest BCUT2D eigenvalue weighted by Gasteiger charge is -2.25. The molecule has 0 fully saturated rings. The fourth-order valence-corrected chi connectivity index (χ4v) is 2.87. The van der Waals surface area contributed by atoms with Crippen molar-refractivity contribution in [1.82, 2.24) is 5.32 Å². The average Bonchev–Trinajstić information content (AvgIpc) is 2.61. The van der Waals surface area contributed by atoms with E-state index in [1.54, 1.807) is 0 Å². The SMILES string of the molecule is C[C@@H](NC(c1ccc(F)cc1)c1cccc(N)c1)c1ccccc1. The van der Waals surface area contributed by atoms with Gasteiger partial charge in [-0.25, -0.2) is 4.39 Å². The Morgan fingerprint density at radius 1 is 0.792 bits per heavy atom. The van der Waals surface area contributed by atoms with Crippen LogP contribution in [0.1, 0.15) is 35.7 Å². The number of halogens is 1. The predicted octanol–water partition coefficient (Wildman–Crippen LogP) is 4.85. The minimum atomic E-state index is -0.235. The highest BCUT2D eigenvalue weighted by molar-refractivity contribution is 5.44. The van der Waals surface area contributed by atoms with Crippen LogP contribution in [0.2, 0.25) is 0 Å². The third-order valence-corrected chi connectivity index (χ3v) is 4.16. The Balaban J connectivity index is 1.94. The molecule has 3 rings (SSSR count). The Morgan fingerprint density at radius 2 is 1.46 bits per heavy atom. The van der Waals surface area contributed by atoms with Gasteiger partial charge in [-0.1, -0.05) is 54.6 Å². The van der Waals surface area contributed by atoms with Crippen LogP contribution in [0.15, 0.2) is 78.9 Å². The van der Waals surface area contributed by atoms with Crippen LogP contribution in [0, 0.1) is 5.82 Å². The molecule has 0 aromatic heterocycles. The van der Waals surface area contributed by atoms with E-state index in [1.807, 2.05) is 54.6 Å². The van der Waals surface area contributed by atoms with Crippen molar-refractivity contribution in [2.24, 2.45) is 0 Å². The van der Waals surface area contributed by atoms with E-state index in [4.69, 9.17) is 5.73 Å². The van der Waals surface area contributed by atoms with Gasteiger partial charge >= 0.3 is 0 Å². The maximum Gasteiger partial charge on any atom is 0.123 e. The fourth-order valence-electron chi connectivity index (χ4n) is 2.87. The zero-order valence-electron chi connectivity index (χ0n) is 13.6. The number of nitrogen functional groups attached to an aromatic ring is 1. The Bertz CT molecular complexity index is 784. The smallest absolute Gasteiger partial charge is 0.123 e. The van der Waals surface area contributed by atoms with Crippen molar-refractivity contribution >= 4 is 5.69 Å². The topological polar surface area (TPSA) is 38.0 Å². The van der Waals surface area contributed by atoms with Gasteiger partial charge in [-0.05, 0) is 47.9 Å². The van der Waals surface area contributed by atoms with Crippen molar-refractivity contribution in [3.05, 3.63) is 101 Å². The van der Waals surface area contributed by atoms with Crippen LogP contribution >= 0.6 is 0 Å². The Kier molecular flexibility index (Phi) is 4.92. The van der Waals surface area contributed by atoms with E-state index in [0.29, 0.717) is 5.69 Å². The minimum absolute atomic E-state index is 0.0655. The van der Waals surface area contributed by atoms with Crippen LogP contribution in [0.25, 0.3) is 0 Å². The summed E-state index contributed by atoms with van der Waals surface area (Å²) in [6.45, 7) is 2.12. The Hall–Kier alpha value is -2.65. The van der Waals surface area contributed by atoms with Gasteiger partial charge in [0, 0.05) is 11.7 Å². The lowest BCUT2D eigenvalue weighted by atomic mass is 9.96. The van der Waals surface area contributed by atoms with Crippen LogP contribution in [0.5, 0.6) is 0 Å². The summed E-state index contributed by atoms with van der Waals surface area (Å²) in [6, 6.07) is 24.7. The van der Waals surface area contributed by atoms with E-state index < -0.39 is 0 Å². The molecule has 0 bridgehead atoms. The third-order valence-electron chi connectivity index (χ3n) is 4.16. The summed E-state index contributed by atoms with van der Waals surface area (Å²) in [5.41, 5.74) is 9.94. The number of hydrogen-bond donors (Lipinski definition) is 2. The van der Waals surface area contributed by atoms with Gasteiger partial charge in [0.1, 0.15) is 5.82 Å². The second-order valence-corrected chi connectivity index (χ2v) is 5.95. The lowest BCUT2D eigenvalue weighted by molar-refractivity contribution is 0.515. The molecule has 0 radical (unpaired) electrons. The van der Waals surface area contributed by atoms with Crippen LogP contribution in [-0.2, 0) is 0 Å². The maximum absolute atomic E-state index is 13.3. The molecule has 2 atom stereocenters. The van der Waals surface area contributed by atoms with E-state index in [1.165, 1.54) is 17.7 Å². The van der Waals surface area contributed by atoms with E-state index in [9.17, 15) is 4.39 Å². The molecule has 0 aliphatic carbocycles. The van der Waals surface area contributed by atoms with E-state index >= 15 is 0 Å². The second kappa shape index (κ2) is 7.28. The van der Waals surface area contributed by atoms with E-state index in [0.717, 1.165) is 11.1 Å². The summed E-state index contributed by atoms with van der Waals surface area (Å²) >= 11 is 0. The highest BCUT2D eigenvalue weighted by atomic mass is 19.1. The zero-order chi connectivity index (χ0) is 16.9. The molecule has 2 nitrogen and oxygen atoms in total. The molecule has 122 valence electrons. The highest BCUT2D eigenvalue weighted by Gasteiger charge is 2.17. The van der Waals surface area contributed by atoms with Crippen molar-refractivity contribution in [1.29, 1.82) is 0 Å². The van der Waals surface area contributed by atoms with E-state index in [2.05, 4.69) is 24.4 Å². The van der Waals surface area contributed by atoms with Gasteiger partial charge in [-0.2, -0.15) is 0 Å². The monoisotopic (exact) mass is 320 g/mol. The number of rotatable bonds is 5. The molecule has 3 heteroatoms. The van der Waals surface area contributed by atoms with Crippen LogP contribution in [0.4, 0.5) is 10.1 Å². The van der Waals surface area contributed by atoms with Crippen LogP contribution in [0.3, 0.4) is 0 Å². The molecule has 0 aliphatic heterocycles. The summed E-state index contributed by atoms with van der Waals surface area (Å²) in [6.07, 6.45) is 0. The molecular weight excluding hydrogens is 299 g/mol. The number of nitrogens with one attached hydrogen (secondary N) is 1. The first-order valence-corrected chi connectivity index (χ1v) is 8.05. The Labute approximate surface area is 142 Å². The van der Waals surface area contributed by atoms with Crippen molar-refractivity contribution in [3.63, 3.8) is 0 Å². The van der Waals surface area contributed by atoms with Gasteiger partial charge in [0.05, 0.1) is 6.04 Å². The fraction of sp³-hybridized carbons (Fsp3) is 0.143. The summed E-state index contributed by atoms with van der Waals surface area (Å²) in [5.74, 6) is -0.235. The number of benzene rings is 3. The van der Waals surface area contributed by atoms with Crippen molar-refractivity contribution in [2.75, 3.05) is 5.73 Å². The highest BCUT2D eigenvalue weighted by Crippen LogP contribution is 2.27. The normalized spacial score (nSPS) is 13.4. The molecule has 1 unspecified atom stereocenters. The quantitative estimate of drug-likeness (QED) is 0.660. The number of hydrogen-bond acceptors (Lipinski definition) is 2. The lowest BCUT2D eigenvalue weighted by Crippen LogP contribution is -2.25. The molecule has 24 heavy (non-hydrogen) atoms. The molecule has 0 aliphatic rings. The molecule has 0 saturated carbocycles. The summed E-state index contributed by atoms with van der Waals surface area (Å²) in [7, 11) is 0. The summed E-state index contributed by atoms with van der Waals surface area (Å²) in [5, 5.41) is 3.63. The van der Waals surface area contributed by atoms with Crippen molar-refractivity contribution < 1.29 is 4.39 Å². The third kappa shape index (κ3) is 3.81. The van der Waals surface area contributed by atoms with E-state index in [-0.39, 0.29) is 17.9 Å². The summed E-state index contributed by atoms with van der Waals surface area (Å²) in [4.78, 5) is 0. The van der Waals surface area contributed by atoms with Gasteiger partial charge < -0.3 is 5.73 Å². The predicted molar refractivity (Wildman–Crippen MR) is 97.1 cm³/mol. The molecular formula is C21H21FN2. The van der Waals surface area contributed by atoms with Crippen LogP contribution in [-0.4, -0.2) is 0 Å². The van der Waals surface area contributed by atoms with Gasteiger partial charge in [0.2, 0.25) is 0 Å². The first-order chi connectivity index (χ1) is 11.6. The van der Waals surface area contributed by atoms with Crippen molar-refractivity contribution in [2.45, 2.75) is 19.0 Å². The molecule has 0 saturated heterocycles. The molecule has 0 amide bonds. The molecule has 3 aromatic carbocycles. The largest absolute Gasteiger partial charge is 0.399 e. The van der Waals surface area contributed by atoms with Gasteiger partial charge in [-0.15, -0.1) is 0 Å². The number of nitrogens with two attached hydrogens (primary N) is 1. The second-order valence-electron chi connectivity index (χ2n) is 5.95. The van der Waals surface area contributed by atoms with Gasteiger partial charge in [0.25, 0.3) is 0 Å². The molecule has 3 aromatic rings. The average molecular weight is 320 g/mol. The standard InChI is InChI=1S/C21H21FN2/c1-15(16-6-3-2-4-7-16)24-21(17-10-12-19(22)13-11-17)18-8-5-9-20(23)14-18/h2-15,21,24H,23H2,1H3/t15-,21?/m1/s1. The molecule has 0 spiro atoms. The maximum atomic E-state index is 13.3. The minimum Gasteiger partial charge on any atom is -0.399 e. The zero-order valence-corrected chi connectivity index (χ0v) is 13.6. The molecule has 3 N–H and O–H groups in total. The van der Waals surface area contributed by atoms with Crippen molar-refractivity contribution in [3.8, 4) is 0 Å². The summed E-state index contributed by atoms with van der Waals surface area (Å²) < 4.78 is 13.3. The first kappa shape index (κ1) is 16.2.